The minimum absolute atomic E-state index is 0.103. The number of hydrogen-bond acceptors (Lipinski definition) is 6. The zero-order valence-corrected chi connectivity index (χ0v) is 39.5. The van der Waals surface area contributed by atoms with Gasteiger partial charge in [0.05, 0.1) is 17.1 Å². The molecule has 354 valence electrons. The summed E-state index contributed by atoms with van der Waals surface area (Å²) in [5, 5.41) is 36.6. The van der Waals surface area contributed by atoms with Gasteiger partial charge in [0.2, 0.25) is 0 Å². The largest absolute Gasteiger partial charge is 0.507 e. The fraction of sp³-hybridized carbons (Fsp3) is 0.632. The fourth-order valence-electron chi connectivity index (χ4n) is 13.9. The van der Waals surface area contributed by atoms with E-state index in [0.29, 0.717) is 34.3 Å². The zero-order valence-electron chi connectivity index (χ0n) is 39.5. The Hall–Kier alpha value is -4.53. The summed E-state index contributed by atoms with van der Waals surface area (Å²) in [6.07, 6.45) is 30.8. The molecule has 0 bridgehead atoms. The highest BCUT2D eigenvalue weighted by Crippen LogP contribution is 2.48. The third-order valence-corrected chi connectivity index (χ3v) is 17.7. The second kappa shape index (κ2) is 20.0. The van der Waals surface area contributed by atoms with Crippen LogP contribution in [0.25, 0.3) is 17.1 Å². The minimum atomic E-state index is -0.732. The summed E-state index contributed by atoms with van der Waals surface area (Å²) in [5.41, 5.74) is 3.79. The Bertz CT molecular complexity index is 2120. The lowest BCUT2D eigenvalue weighted by Crippen LogP contribution is -2.53. The number of aromatic nitrogens is 3. The van der Waals surface area contributed by atoms with E-state index in [1.807, 2.05) is 36.4 Å². The standard InChI is InChI=1S/C57H75N3O6/c61-52-46(37-19-7-1-8-20-37)31-43(32-47(52)38-21-9-2-10-22-38)58-55(64)59(44-33-48(39-23-11-3-12-24-39)53(62)49(34-44)40-25-13-4-14-26-40)57(66)60(56(58)65)45-35-50(41-27-15-5-16-28-41)54(63)51(36-45)42-29-17-6-18-30-42/h31-42,61-63H,1-30H2. The van der Waals surface area contributed by atoms with E-state index in [9.17, 15) is 15.3 Å². The molecule has 0 atom stereocenters. The van der Waals surface area contributed by atoms with E-state index in [-0.39, 0.29) is 35.5 Å². The van der Waals surface area contributed by atoms with Crippen molar-refractivity contribution >= 4 is 0 Å². The van der Waals surface area contributed by atoms with Crippen LogP contribution in [0.15, 0.2) is 50.8 Å². The number of hydrogen-bond donors (Lipinski definition) is 3. The summed E-state index contributed by atoms with van der Waals surface area (Å²) in [7, 11) is 0. The highest BCUT2D eigenvalue weighted by atomic mass is 16.3. The maximum Gasteiger partial charge on any atom is 0.345 e. The SMILES string of the molecule is O=c1n(-c2cc(C3CCCCC3)c(O)c(C3CCCCC3)c2)c(=O)n(-c2cc(C3CCCCC3)c(O)c(C3CCCCC3)c2)c(=O)n1-c1cc(C2CCCCC2)c(O)c(C2CCCCC2)c1. The van der Waals surface area contributed by atoms with E-state index in [2.05, 4.69) is 0 Å². The number of benzene rings is 3. The molecule has 3 N–H and O–H groups in total. The topological polar surface area (TPSA) is 127 Å². The van der Waals surface area contributed by atoms with Crippen LogP contribution >= 0.6 is 0 Å². The van der Waals surface area contributed by atoms with Crippen LogP contribution < -0.4 is 17.1 Å². The Labute approximate surface area is 391 Å². The van der Waals surface area contributed by atoms with E-state index >= 15 is 14.4 Å². The van der Waals surface area contributed by atoms with Gasteiger partial charge < -0.3 is 15.3 Å². The van der Waals surface area contributed by atoms with E-state index < -0.39 is 17.1 Å². The molecule has 6 aliphatic rings. The van der Waals surface area contributed by atoms with Gasteiger partial charge in [-0.15, -0.1) is 0 Å². The number of rotatable bonds is 9. The zero-order chi connectivity index (χ0) is 45.3. The highest BCUT2D eigenvalue weighted by Gasteiger charge is 2.32. The van der Waals surface area contributed by atoms with Crippen molar-refractivity contribution in [2.45, 2.75) is 228 Å². The van der Waals surface area contributed by atoms with E-state index in [0.717, 1.165) is 226 Å². The van der Waals surface area contributed by atoms with Crippen molar-refractivity contribution in [1.29, 1.82) is 0 Å². The minimum Gasteiger partial charge on any atom is -0.507 e. The van der Waals surface area contributed by atoms with Gasteiger partial charge in [0.25, 0.3) is 0 Å². The molecular weight excluding hydrogens is 823 g/mol. The molecular formula is C57H75N3O6. The highest BCUT2D eigenvalue weighted by molar-refractivity contribution is 5.56. The van der Waals surface area contributed by atoms with Crippen molar-refractivity contribution in [3.63, 3.8) is 0 Å². The first-order chi connectivity index (χ1) is 32.3. The summed E-state index contributed by atoms with van der Waals surface area (Å²) in [6, 6.07) is 11.3. The molecule has 6 aliphatic carbocycles. The molecule has 6 saturated carbocycles. The van der Waals surface area contributed by atoms with Crippen molar-refractivity contribution in [2.75, 3.05) is 0 Å². The second-order valence-electron chi connectivity index (χ2n) is 21.8. The molecule has 9 nitrogen and oxygen atoms in total. The molecule has 10 rings (SSSR count). The Morgan fingerprint density at radius 2 is 0.424 bits per heavy atom. The van der Waals surface area contributed by atoms with Gasteiger partial charge in [0.1, 0.15) is 17.2 Å². The lowest BCUT2D eigenvalue weighted by Gasteiger charge is -2.29. The predicted molar refractivity (Wildman–Crippen MR) is 263 cm³/mol. The molecule has 0 aliphatic heterocycles. The summed E-state index contributed by atoms with van der Waals surface area (Å²) in [6.45, 7) is 0. The molecule has 0 radical (unpaired) electrons. The van der Waals surface area contributed by atoms with Gasteiger partial charge >= 0.3 is 17.1 Å². The van der Waals surface area contributed by atoms with E-state index in [1.54, 1.807) is 0 Å². The van der Waals surface area contributed by atoms with Crippen LogP contribution in [-0.4, -0.2) is 29.0 Å². The predicted octanol–water partition coefficient (Wildman–Crippen LogP) is 13.5. The van der Waals surface area contributed by atoms with Gasteiger partial charge in [-0.3, -0.25) is 0 Å². The van der Waals surface area contributed by atoms with Crippen LogP contribution in [0.4, 0.5) is 0 Å². The molecule has 1 aromatic heterocycles. The molecule has 4 aromatic rings. The summed E-state index contributed by atoms with van der Waals surface area (Å²) in [5.74, 6) is 1.53. The first kappa shape index (κ1) is 45.3. The number of nitrogens with zero attached hydrogens (tertiary/aromatic N) is 3. The summed E-state index contributed by atoms with van der Waals surface area (Å²) >= 11 is 0. The molecule has 9 heteroatoms. The first-order valence-corrected chi connectivity index (χ1v) is 26.9. The van der Waals surface area contributed by atoms with E-state index in [1.165, 1.54) is 13.7 Å². The van der Waals surface area contributed by atoms with Gasteiger partial charge in [-0.05, 0) is 182 Å². The lowest BCUT2D eigenvalue weighted by molar-refractivity contribution is 0.392. The monoisotopic (exact) mass is 898 g/mol. The van der Waals surface area contributed by atoms with E-state index in [4.69, 9.17) is 0 Å². The molecule has 6 fully saturated rings. The maximum atomic E-state index is 15.7. The number of phenolic OH excluding ortho intramolecular Hbond substituents is 3. The van der Waals surface area contributed by atoms with Crippen LogP contribution in [0.2, 0.25) is 0 Å². The van der Waals surface area contributed by atoms with Crippen molar-refractivity contribution in [2.24, 2.45) is 0 Å². The van der Waals surface area contributed by atoms with Crippen molar-refractivity contribution in [3.8, 4) is 34.3 Å². The van der Waals surface area contributed by atoms with Crippen molar-refractivity contribution in [3.05, 3.63) is 101 Å². The van der Waals surface area contributed by atoms with Crippen LogP contribution in [0, 0.1) is 0 Å². The Morgan fingerprint density at radius 3 is 0.576 bits per heavy atom. The summed E-state index contributed by atoms with van der Waals surface area (Å²) < 4.78 is 3.67. The van der Waals surface area contributed by atoms with Gasteiger partial charge in [-0.25, -0.2) is 28.1 Å². The smallest absolute Gasteiger partial charge is 0.345 e. The summed E-state index contributed by atoms with van der Waals surface area (Å²) in [4.78, 5) is 47.2. The maximum absolute atomic E-state index is 15.7. The normalized spacial score (nSPS) is 21.6. The third-order valence-electron chi connectivity index (χ3n) is 17.7. The quantitative estimate of drug-likeness (QED) is 0.154. The molecule has 3 aromatic carbocycles. The average Bonchev–Trinajstić information content (AvgIpc) is 3.36. The second-order valence-corrected chi connectivity index (χ2v) is 21.8. The third kappa shape index (κ3) is 8.86. The van der Waals surface area contributed by atoms with Crippen molar-refractivity contribution in [1.82, 2.24) is 13.7 Å². The van der Waals surface area contributed by atoms with Gasteiger partial charge in [0, 0.05) is 0 Å². The van der Waals surface area contributed by atoms with Crippen LogP contribution in [-0.2, 0) is 0 Å². The molecule has 66 heavy (non-hydrogen) atoms. The average molecular weight is 898 g/mol. The number of phenols is 3. The Morgan fingerprint density at radius 1 is 0.273 bits per heavy atom. The fourth-order valence-corrected chi connectivity index (χ4v) is 13.9. The molecule has 1 heterocycles. The van der Waals surface area contributed by atoms with Gasteiger partial charge in [-0.2, -0.15) is 0 Å². The van der Waals surface area contributed by atoms with Gasteiger partial charge in [-0.1, -0.05) is 116 Å². The first-order valence-electron chi connectivity index (χ1n) is 26.9. The van der Waals surface area contributed by atoms with Gasteiger partial charge in [0.15, 0.2) is 0 Å². The molecule has 0 unspecified atom stereocenters. The van der Waals surface area contributed by atoms with Crippen LogP contribution in [0.3, 0.4) is 0 Å². The lowest BCUT2D eigenvalue weighted by atomic mass is 9.78. The Kier molecular flexibility index (Phi) is 13.7. The van der Waals surface area contributed by atoms with Crippen molar-refractivity contribution < 1.29 is 15.3 Å². The molecule has 0 saturated heterocycles. The molecule has 0 amide bonds. The molecule has 0 spiro atoms. The number of aromatic hydroxyl groups is 3. The Balaban J connectivity index is 1.27. The van der Waals surface area contributed by atoms with Crippen LogP contribution in [0.5, 0.6) is 17.2 Å². The van der Waals surface area contributed by atoms with Crippen LogP contribution in [0.1, 0.15) is 262 Å².